The first-order valence-electron chi connectivity index (χ1n) is 11.0. The molecule has 1 atom stereocenters. The lowest BCUT2D eigenvalue weighted by atomic mass is 9.98. The fourth-order valence-corrected chi connectivity index (χ4v) is 4.51. The average Bonchev–Trinajstić information content (AvgIpc) is 3.57. The van der Waals surface area contributed by atoms with Crippen LogP contribution in [0.1, 0.15) is 36.3 Å². The molecule has 0 aromatic heterocycles. The van der Waals surface area contributed by atoms with Crippen LogP contribution in [0.4, 0.5) is 4.79 Å². The quantitative estimate of drug-likeness (QED) is 0.627. The van der Waals surface area contributed by atoms with E-state index < -0.39 is 12.1 Å². The summed E-state index contributed by atoms with van der Waals surface area (Å²) < 4.78 is 5.57. The molecule has 0 saturated heterocycles. The lowest BCUT2D eigenvalue weighted by Crippen LogP contribution is -2.37. The van der Waals surface area contributed by atoms with Crippen LogP contribution in [0.3, 0.4) is 0 Å². The maximum Gasteiger partial charge on any atom is 0.407 e. The third kappa shape index (κ3) is 4.93. The van der Waals surface area contributed by atoms with Gasteiger partial charge in [0.05, 0.1) is 0 Å². The number of nitrogens with one attached hydrogen (secondary N) is 1. The van der Waals surface area contributed by atoms with E-state index >= 15 is 0 Å². The zero-order valence-corrected chi connectivity index (χ0v) is 18.1. The Morgan fingerprint density at radius 2 is 1.66 bits per heavy atom. The van der Waals surface area contributed by atoms with Crippen LogP contribution in [0.2, 0.25) is 0 Å². The number of carboxylic acids is 1. The predicted octanol–water partition coefficient (Wildman–Crippen LogP) is 3.48. The SMILES string of the molecule is CN(CC(=O)O)C(=O)CC(CNC(=O)OCC1c2ccccc2-c2ccccc21)C1CC1. The number of nitrogens with zero attached hydrogens (tertiary/aromatic N) is 1. The van der Waals surface area contributed by atoms with Gasteiger partial charge >= 0.3 is 12.1 Å². The van der Waals surface area contributed by atoms with Crippen LogP contribution in [0.25, 0.3) is 11.1 Å². The topological polar surface area (TPSA) is 95.9 Å². The van der Waals surface area contributed by atoms with Gasteiger partial charge in [-0.1, -0.05) is 48.5 Å². The van der Waals surface area contributed by atoms with Crippen molar-refractivity contribution in [1.82, 2.24) is 10.2 Å². The van der Waals surface area contributed by atoms with Crippen molar-refractivity contribution < 1.29 is 24.2 Å². The average molecular weight is 437 g/mol. The van der Waals surface area contributed by atoms with Gasteiger partial charge in [0.15, 0.2) is 0 Å². The van der Waals surface area contributed by atoms with Gasteiger partial charge in [0.1, 0.15) is 13.2 Å². The number of amides is 2. The predicted molar refractivity (Wildman–Crippen MR) is 119 cm³/mol. The normalized spacial score (nSPS) is 15.4. The molecule has 0 radical (unpaired) electrons. The number of likely N-dealkylation sites (N-methyl/N-ethyl adjacent to an activating group) is 1. The molecule has 1 saturated carbocycles. The maximum atomic E-state index is 12.4. The molecule has 0 heterocycles. The smallest absolute Gasteiger partial charge is 0.407 e. The van der Waals surface area contributed by atoms with Crippen LogP contribution < -0.4 is 5.32 Å². The molecule has 1 unspecified atom stereocenters. The maximum absolute atomic E-state index is 12.4. The number of aliphatic carboxylic acids is 1. The summed E-state index contributed by atoms with van der Waals surface area (Å²) in [5.41, 5.74) is 4.67. The summed E-state index contributed by atoms with van der Waals surface area (Å²) in [5, 5.41) is 11.7. The summed E-state index contributed by atoms with van der Waals surface area (Å²) >= 11 is 0. The third-order valence-electron chi connectivity index (χ3n) is 6.38. The van der Waals surface area contributed by atoms with Gasteiger partial charge in [-0.15, -0.1) is 0 Å². The summed E-state index contributed by atoms with van der Waals surface area (Å²) in [5.74, 6) is -0.900. The molecule has 7 heteroatoms. The standard InChI is InChI=1S/C25H28N2O5/c1-27(14-24(29)30)23(28)12-17(16-10-11-16)13-26-25(31)32-15-22-20-8-4-2-6-18(20)19-7-3-5-9-21(19)22/h2-9,16-17,22H,10-15H2,1H3,(H,26,31)(H,29,30). The number of carboxylic acid groups (broad SMARTS) is 1. The molecule has 0 spiro atoms. The van der Waals surface area contributed by atoms with Crippen molar-refractivity contribution in [3.63, 3.8) is 0 Å². The van der Waals surface area contributed by atoms with E-state index in [1.807, 2.05) is 24.3 Å². The van der Waals surface area contributed by atoms with E-state index in [-0.39, 0.29) is 37.3 Å². The minimum atomic E-state index is -1.04. The number of ether oxygens (including phenoxy) is 1. The van der Waals surface area contributed by atoms with Crippen LogP contribution in [-0.2, 0) is 14.3 Å². The van der Waals surface area contributed by atoms with Crippen molar-refractivity contribution in [1.29, 1.82) is 0 Å². The highest BCUT2D eigenvalue weighted by molar-refractivity contribution is 5.81. The van der Waals surface area contributed by atoms with E-state index in [0.717, 1.165) is 24.0 Å². The Morgan fingerprint density at radius 1 is 1.06 bits per heavy atom. The Kier molecular flexibility index (Phi) is 6.44. The lowest BCUT2D eigenvalue weighted by molar-refractivity contribution is -0.143. The molecule has 2 amide bonds. The molecule has 168 valence electrons. The van der Waals surface area contributed by atoms with Gasteiger partial charge in [-0.2, -0.15) is 0 Å². The molecule has 0 aliphatic heterocycles. The van der Waals surface area contributed by atoms with Crippen molar-refractivity contribution >= 4 is 18.0 Å². The van der Waals surface area contributed by atoms with Crippen molar-refractivity contribution in [2.24, 2.45) is 11.8 Å². The van der Waals surface area contributed by atoms with Crippen molar-refractivity contribution in [2.45, 2.75) is 25.2 Å². The fourth-order valence-electron chi connectivity index (χ4n) is 4.51. The molecule has 2 aliphatic rings. The fraction of sp³-hybridized carbons (Fsp3) is 0.400. The number of carbonyl (C=O) groups is 3. The summed E-state index contributed by atoms with van der Waals surface area (Å²) in [4.78, 5) is 36.8. The Bertz CT molecular complexity index is 971. The van der Waals surface area contributed by atoms with Crippen LogP contribution in [-0.4, -0.2) is 54.7 Å². The van der Waals surface area contributed by atoms with Gasteiger partial charge in [0, 0.05) is 25.9 Å². The van der Waals surface area contributed by atoms with Gasteiger partial charge in [0.25, 0.3) is 0 Å². The first-order chi connectivity index (χ1) is 15.4. The minimum absolute atomic E-state index is 0.00127. The number of hydrogen-bond acceptors (Lipinski definition) is 4. The van der Waals surface area contributed by atoms with Crippen LogP contribution >= 0.6 is 0 Å². The largest absolute Gasteiger partial charge is 0.480 e. The van der Waals surface area contributed by atoms with Crippen molar-refractivity contribution in [3.8, 4) is 11.1 Å². The highest BCUT2D eigenvalue weighted by Crippen LogP contribution is 2.44. The lowest BCUT2D eigenvalue weighted by Gasteiger charge is -2.21. The van der Waals surface area contributed by atoms with Crippen molar-refractivity contribution in [2.75, 3.05) is 26.7 Å². The van der Waals surface area contributed by atoms with E-state index in [0.29, 0.717) is 12.5 Å². The molecule has 2 aromatic carbocycles. The Labute approximate surface area is 187 Å². The molecule has 1 fully saturated rings. The number of alkyl carbamates (subject to hydrolysis) is 1. The molecular formula is C25H28N2O5. The van der Waals surface area contributed by atoms with Gasteiger partial charge in [-0.25, -0.2) is 4.79 Å². The van der Waals surface area contributed by atoms with E-state index in [4.69, 9.17) is 9.84 Å². The minimum Gasteiger partial charge on any atom is -0.480 e. The zero-order chi connectivity index (χ0) is 22.7. The second-order valence-corrected chi connectivity index (χ2v) is 8.65. The van der Waals surface area contributed by atoms with Gasteiger partial charge in [-0.05, 0) is 46.9 Å². The van der Waals surface area contributed by atoms with E-state index in [9.17, 15) is 14.4 Å². The van der Waals surface area contributed by atoms with Crippen LogP contribution in [0.5, 0.6) is 0 Å². The van der Waals surface area contributed by atoms with E-state index in [1.165, 1.54) is 23.1 Å². The Balaban J connectivity index is 1.31. The van der Waals surface area contributed by atoms with Gasteiger partial charge in [0.2, 0.25) is 5.91 Å². The summed E-state index contributed by atoms with van der Waals surface area (Å²) in [7, 11) is 1.49. The molecule has 7 nitrogen and oxygen atoms in total. The highest BCUT2D eigenvalue weighted by Gasteiger charge is 2.34. The first kappa shape index (κ1) is 21.9. The second-order valence-electron chi connectivity index (χ2n) is 8.65. The Morgan fingerprint density at radius 3 is 2.22 bits per heavy atom. The number of hydrogen-bond donors (Lipinski definition) is 2. The number of carbonyl (C=O) groups excluding carboxylic acids is 2. The summed E-state index contributed by atoms with van der Waals surface area (Å²) in [6.07, 6.45) is 1.77. The van der Waals surface area contributed by atoms with Gasteiger partial charge < -0.3 is 20.1 Å². The van der Waals surface area contributed by atoms with Crippen LogP contribution in [0.15, 0.2) is 48.5 Å². The first-order valence-corrected chi connectivity index (χ1v) is 11.0. The monoisotopic (exact) mass is 436 g/mol. The molecular weight excluding hydrogens is 408 g/mol. The molecule has 32 heavy (non-hydrogen) atoms. The number of benzene rings is 2. The second kappa shape index (κ2) is 9.42. The van der Waals surface area contributed by atoms with E-state index in [2.05, 4.69) is 29.6 Å². The zero-order valence-electron chi connectivity index (χ0n) is 18.1. The molecule has 2 aliphatic carbocycles. The van der Waals surface area contributed by atoms with Crippen LogP contribution in [0, 0.1) is 11.8 Å². The van der Waals surface area contributed by atoms with Gasteiger partial charge in [-0.3, -0.25) is 9.59 Å². The molecule has 2 N–H and O–H groups in total. The molecule has 2 aromatic rings. The summed E-state index contributed by atoms with van der Waals surface area (Å²) in [6, 6.07) is 16.3. The number of rotatable bonds is 9. The molecule has 4 rings (SSSR count). The highest BCUT2D eigenvalue weighted by atomic mass is 16.5. The Hall–Kier alpha value is -3.35. The third-order valence-corrected chi connectivity index (χ3v) is 6.38. The van der Waals surface area contributed by atoms with Crippen molar-refractivity contribution in [3.05, 3.63) is 59.7 Å². The van der Waals surface area contributed by atoms with E-state index in [1.54, 1.807) is 0 Å². The molecule has 0 bridgehead atoms. The number of fused-ring (bicyclic) bond motifs is 3. The summed E-state index contributed by atoms with van der Waals surface area (Å²) in [6.45, 7) is 0.262.